The van der Waals surface area contributed by atoms with Gasteiger partial charge in [-0.05, 0) is 25.5 Å². The number of unbranched alkanes of at least 4 members (excludes halogenated alkanes) is 2. The molecule has 0 aliphatic rings. The van der Waals surface area contributed by atoms with Gasteiger partial charge < -0.3 is 4.57 Å². The van der Waals surface area contributed by atoms with Crippen LogP contribution >= 0.6 is 0 Å². The lowest BCUT2D eigenvalue weighted by Crippen LogP contribution is -2.37. The van der Waals surface area contributed by atoms with Crippen LogP contribution < -0.4 is 16.8 Å². The molecule has 5 heteroatoms. The predicted octanol–water partition coefficient (Wildman–Crippen LogP) is 0.950. The van der Waals surface area contributed by atoms with Crippen molar-refractivity contribution in [3.63, 3.8) is 0 Å². The molecule has 1 aromatic heterocycles. The zero-order chi connectivity index (χ0) is 12.8. The van der Waals surface area contributed by atoms with E-state index >= 15 is 0 Å². The van der Waals surface area contributed by atoms with E-state index in [9.17, 15) is 9.59 Å². The van der Waals surface area contributed by atoms with Gasteiger partial charge >= 0.3 is 0 Å². The topological polar surface area (TPSA) is 77.1 Å². The van der Waals surface area contributed by atoms with Gasteiger partial charge in [0.15, 0.2) is 0 Å². The zero-order valence-electron chi connectivity index (χ0n) is 10.3. The third-order valence-corrected chi connectivity index (χ3v) is 2.75. The largest absolute Gasteiger partial charge is 0.312 e. The normalized spacial score (nSPS) is 10.3. The molecule has 1 rings (SSSR count). The maximum atomic E-state index is 12.0. The van der Waals surface area contributed by atoms with Gasteiger partial charge in [0.1, 0.15) is 5.56 Å². The number of pyridine rings is 1. The Labute approximate surface area is 101 Å². The van der Waals surface area contributed by atoms with Crippen molar-refractivity contribution in [1.82, 2.24) is 9.99 Å². The third kappa shape index (κ3) is 3.17. The molecule has 0 saturated heterocycles. The SMILES string of the molecule is CCCCCn1c(C)ccc(C(=O)NN)c1=O. The molecule has 0 spiro atoms. The van der Waals surface area contributed by atoms with Crippen molar-refractivity contribution in [3.05, 3.63) is 33.7 Å². The third-order valence-electron chi connectivity index (χ3n) is 2.75. The van der Waals surface area contributed by atoms with E-state index in [2.05, 4.69) is 6.92 Å². The lowest BCUT2D eigenvalue weighted by atomic mass is 10.2. The maximum Gasteiger partial charge on any atom is 0.270 e. The van der Waals surface area contributed by atoms with Gasteiger partial charge in [0.25, 0.3) is 11.5 Å². The molecule has 0 bridgehead atoms. The minimum absolute atomic E-state index is 0.0922. The summed E-state index contributed by atoms with van der Waals surface area (Å²) < 4.78 is 1.63. The Bertz CT molecular complexity index is 452. The Balaban J connectivity index is 3.03. The molecule has 1 aromatic rings. The van der Waals surface area contributed by atoms with Crippen molar-refractivity contribution in [3.8, 4) is 0 Å². The first kappa shape index (κ1) is 13.4. The molecule has 1 heterocycles. The summed E-state index contributed by atoms with van der Waals surface area (Å²) >= 11 is 0. The zero-order valence-corrected chi connectivity index (χ0v) is 10.3. The number of aromatic nitrogens is 1. The molecule has 1 amide bonds. The second-order valence-corrected chi connectivity index (χ2v) is 4.03. The van der Waals surface area contributed by atoms with Gasteiger partial charge in [-0.15, -0.1) is 0 Å². The summed E-state index contributed by atoms with van der Waals surface area (Å²) in [5.74, 6) is 4.49. The quantitative estimate of drug-likeness (QED) is 0.346. The highest BCUT2D eigenvalue weighted by atomic mass is 16.2. The summed E-state index contributed by atoms with van der Waals surface area (Å²) in [6.07, 6.45) is 3.10. The molecule has 0 atom stereocenters. The number of hydrogen-bond donors (Lipinski definition) is 2. The van der Waals surface area contributed by atoms with Gasteiger partial charge in [0.2, 0.25) is 0 Å². The Morgan fingerprint density at radius 3 is 2.71 bits per heavy atom. The number of carbonyl (C=O) groups excluding carboxylic acids is 1. The summed E-state index contributed by atoms with van der Waals surface area (Å²) in [5.41, 5.74) is 2.66. The molecule has 3 N–H and O–H groups in total. The molecule has 5 nitrogen and oxygen atoms in total. The number of nitrogen functional groups attached to an aromatic ring is 1. The first-order valence-corrected chi connectivity index (χ1v) is 5.83. The number of hydrogen-bond acceptors (Lipinski definition) is 3. The van der Waals surface area contributed by atoms with Gasteiger partial charge in [-0.2, -0.15) is 0 Å². The van der Waals surface area contributed by atoms with Crippen LogP contribution in [0.1, 0.15) is 42.2 Å². The number of carbonyl (C=O) groups is 1. The summed E-state index contributed by atoms with van der Waals surface area (Å²) in [6.45, 7) is 4.61. The van der Waals surface area contributed by atoms with Crippen LogP contribution in [0, 0.1) is 6.92 Å². The van der Waals surface area contributed by atoms with Crippen LogP contribution in [-0.4, -0.2) is 10.5 Å². The molecular weight excluding hydrogens is 218 g/mol. The lowest BCUT2D eigenvalue weighted by molar-refractivity contribution is 0.0951. The molecule has 0 aliphatic heterocycles. The minimum atomic E-state index is -0.542. The van der Waals surface area contributed by atoms with Crippen LogP contribution in [0.2, 0.25) is 0 Å². The van der Waals surface area contributed by atoms with Gasteiger partial charge in [-0.25, -0.2) is 5.84 Å². The fraction of sp³-hybridized carbons (Fsp3) is 0.500. The van der Waals surface area contributed by atoms with Crippen LogP contribution in [-0.2, 0) is 6.54 Å². The first-order valence-electron chi connectivity index (χ1n) is 5.83. The Kier molecular flexibility index (Phi) is 4.90. The fourth-order valence-corrected chi connectivity index (χ4v) is 1.72. The molecule has 0 fully saturated rings. The number of nitrogens with two attached hydrogens (primary N) is 1. The van der Waals surface area contributed by atoms with E-state index in [1.807, 2.05) is 12.3 Å². The number of nitrogens with one attached hydrogen (secondary N) is 1. The molecule has 0 aromatic carbocycles. The standard InChI is InChI=1S/C12H19N3O2/c1-3-4-5-8-15-9(2)6-7-10(12(15)17)11(16)14-13/h6-7H,3-5,8,13H2,1-2H3,(H,14,16). The number of nitrogens with zero attached hydrogens (tertiary/aromatic N) is 1. The van der Waals surface area contributed by atoms with Crippen LogP contribution in [0.25, 0.3) is 0 Å². The van der Waals surface area contributed by atoms with Crippen molar-refractivity contribution in [2.24, 2.45) is 5.84 Å². The van der Waals surface area contributed by atoms with Crippen molar-refractivity contribution >= 4 is 5.91 Å². The summed E-state index contributed by atoms with van der Waals surface area (Å²) in [4.78, 5) is 23.4. The maximum absolute atomic E-state index is 12.0. The van der Waals surface area contributed by atoms with Gasteiger partial charge in [-0.1, -0.05) is 19.8 Å². The molecule has 0 unspecified atom stereocenters. The van der Waals surface area contributed by atoms with Crippen molar-refractivity contribution in [2.75, 3.05) is 0 Å². The van der Waals surface area contributed by atoms with E-state index in [4.69, 9.17) is 5.84 Å². The Morgan fingerprint density at radius 2 is 2.12 bits per heavy atom. The predicted molar refractivity (Wildman–Crippen MR) is 66.6 cm³/mol. The van der Waals surface area contributed by atoms with E-state index in [0.717, 1.165) is 25.0 Å². The molecule has 0 aliphatic carbocycles. The van der Waals surface area contributed by atoms with E-state index in [0.29, 0.717) is 6.54 Å². The monoisotopic (exact) mass is 237 g/mol. The smallest absolute Gasteiger partial charge is 0.270 e. The summed E-state index contributed by atoms with van der Waals surface area (Å²) in [5, 5.41) is 0. The average Bonchev–Trinajstić information content (AvgIpc) is 2.32. The van der Waals surface area contributed by atoms with Gasteiger partial charge in [0.05, 0.1) is 0 Å². The number of amides is 1. The molecular formula is C12H19N3O2. The van der Waals surface area contributed by atoms with Crippen LogP contribution in [0.3, 0.4) is 0 Å². The van der Waals surface area contributed by atoms with Crippen molar-refractivity contribution in [1.29, 1.82) is 0 Å². The van der Waals surface area contributed by atoms with Crippen LogP contribution in [0.15, 0.2) is 16.9 Å². The van der Waals surface area contributed by atoms with E-state index < -0.39 is 5.91 Å². The van der Waals surface area contributed by atoms with E-state index in [-0.39, 0.29) is 11.1 Å². The van der Waals surface area contributed by atoms with Crippen molar-refractivity contribution < 1.29 is 4.79 Å². The van der Waals surface area contributed by atoms with Crippen LogP contribution in [0.5, 0.6) is 0 Å². The summed E-state index contributed by atoms with van der Waals surface area (Å²) in [7, 11) is 0. The van der Waals surface area contributed by atoms with E-state index in [1.54, 1.807) is 10.6 Å². The van der Waals surface area contributed by atoms with Gasteiger partial charge in [0, 0.05) is 12.2 Å². The highest BCUT2D eigenvalue weighted by Gasteiger charge is 2.12. The molecule has 94 valence electrons. The fourth-order valence-electron chi connectivity index (χ4n) is 1.72. The second-order valence-electron chi connectivity index (χ2n) is 4.03. The lowest BCUT2D eigenvalue weighted by Gasteiger charge is -2.11. The first-order chi connectivity index (χ1) is 8.11. The molecule has 17 heavy (non-hydrogen) atoms. The second kappa shape index (κ2) is 6.20. The van der Waals surface area contributed by atoms with Gasteiger partial charge in [-0.3, -0.25) is 15.0 Å². The van der Waals surface area contributed by atoms with Crippen LogP contribution in [0.4, 0.5) is 0 Å². The van der Waals surface area contributed by atoms with Crippen molar-refractivity contribution in [2.45, 2.75) is 39.7 Å². The summed E-state index contributed by atoms with van der Waals surface area (Å²) in [6, 6.07) is 3.27. The average molecular weight is 237 g/mol. The number of rotatable bonds is 5. The molecule has 0 saturated carbocycles. The highest BCUT2D eigenvalue weighted by molar-refractivity contribution is 5.93. The number of aryl methyl sites for hydroxylation is 1. The minimum Gasteiger partial charge on any atom is -0.312 e. The Hall–Kier alpha value is -1.62. The highest BCUT2D eigenvalue weighted by Crippen LogP contribution is 2.02. The number of hydrazine groups is 1. The molecule has 0 radical (unpaired) electrons. The Morgan fingerprint density at radius 1 is 1.41 bits per heavy atom. The van der Waals surface area contributed by atoms with E-state index in [1.165, 1.54) is 6.07 Å².